The Labute approximate surface area is 145 Å². The van der Waals surface area contributed by atoms with Gasteiger partial charge in [-0.1, -0.05) is 6.08 Å². The maximum atomic E-state index is 6.05. The summed E-state index contributed by atoms with van der Waals surface area (Å²) in [5.41, 5.74) is 7.62. The van der Waals surface area contributed by atoms with Crippen molar-refractivity contribution in [1.29, 1.82) is 0 Å². The fourth-order valence-electron chi connectivity index (χ4n) is 2.12. The highest BCUT2D eigenvalue weighted by Gasteiger charge is 2.16. The topological polar surface area (TPSA) is 73.1 Å². The van der Waals surface area contributed by atoms with Gasteiger partial charge in [0.15, 0.2) is 0 Å². The van der Waals surface area contributed by atoms with Crippen molar-refractivity contribution in [2.75, 3.05) is 25.0 Å². The first-order chi connectivity index (χ1) is 10.7. The number of nitrogens with zero attached hydrogens (tertiary/aromatic N) is 2. The first kappa shape index (κ1) is 15.7. The van der Waals surface area contributed by atoms with E-state index >= 15 is 0 Å². The van der Waals surface area contributed by atoms with E-state index in [0.29, 0.717) is 19.7 Å². The third-order valence-corrected chi connectivity index (χ3v) is 5.68. The number of ether oxygens (including phenoxy) is 1. The molecular weight excluding hydrogens is 388 g/mol. The maximum absolute atomic E-state index is 6.05. The van der Waals surface area contributed by atoms with Crippen molar-refractivity contribution in [2.24, 2.45) is 5.73 Å². The highest BCUT2D eigenvalue weighted by atomic mass is 79.9. The van der Waals surface area contributed by atoms with Crippen molar-refractivity contribution in [1.82, 2.24) is 9.97 Å². The van der Waals surface area contributed by atoms with Gasteiger partial charge >= 0.3 is 0 Å². The molecule has 0 saturated heterocycles. The molecule has 3 rings (SSSR count). The van der Waals surface area contributed by atoms with Crippen LogP contribution in [0.5, 0.6) is 0 Å². The van der Waals surface area contributed by atoms with Gasteiger partial charge in [0.25, 0.3) is 0 Å². The summed E-state index contributed by atoms with van der Waals surface area (Å²) in [7, 11) is 0. The molecule has 1 aliphatic heterocycles. The first-order valence-electron chi connectivity index (χ1n) is 6.73. The van der Waals surface area contributed by atoms with Gasteiger partial charge in [0.1, 0.15) is 17.9 Å². The van der Waals surface area contributed by atoms with Crippen molar-refractivity contribution in [3.05, 3.63) is 38.6 Å². The van der Waals surface area contributed by atoms with Gasteiger partial charge in [-0.15, -0.1) is 11.3 Å². The van der Waals surface area contributed by atoms with Crippen LogP contribution in [0.4, 0.5) is 5.82 Å². The van der Waals surface area contributed by atoms with E-state index in [0.717, 1.165) is 37.4 Å². The summed E-state index contributed by atoms with van der Waals surface area (Å²) >= 11 is 11.3. The molecule has 0 spiro atoms. The van der Waals surface area contributed by atoms with E-state index in [9.17, 15) is 0 Å². The average molecular weight is 402 g/mol. The van der Waals surface area contributed by atoms with Gasteiger partial charge in [0.2, 0.25) is 5.28 Å². The number of thiophene rings is 1. The highest BCUT2D eigenvalue weighted by molar-refractivity contribution is 9.10. The summed E-state index contributed by atoms with van der Waals surface area (Å²) < 4.78 is 7.20. The van der Waals surface area contributed by atoms with Gasteiger partial charge in [-0.2, -0.15) is 4.98 Å². The molecule has 22 heavy (non-hydrogen) atoms. The lowest BCUT2D eigenvalue weighted by Crippen LogP contribution is -2.11. The zero-order chi connectivity index (χ0) is 15.5. The SMILES string of the molecule is NCCc1sc2c(NCC3=CC=COC3)nc(Cl)nc2c1Br. The third-order valence-electron chi connectivity index (χ3n) is 3.15. The van der Waals surface area contributed by atoms with Crippen LogP contribution < -0.4 is 11.1 Å². The molecule has 0 saturated carbocycles. The Hall–Kier alpha value is -1.15. The van der Waals surface area contributed by atoms with Gasteiger partial charge in [-0.3, -0.25) is 0 Å². The van der Waals surface area contributed by atoms with E-state index in [4.69, 9.17) is 22.1 Å². The van der Waals surface area contributed by atoms with Crippen molar-refractivity contribution < 1.29 is 4.74 Å². The number of hydrogen-bond acceptors (Lipinski definition) is 6. The zero-order valence-corrected chi connectivity index (χ0v) is 14.8. The summed E-state index contributed by atoms with van der Waals surface area (Å²) in [6.45, 7) is 1.82. The Kier molecular flexibility index (Phi) is 4.97. The van der Waals surface area contributed by atoms with Crippen molar-refractivity contribution in [3.8, 4) is 0 Å². The normalized spacial score (nSPS) is 14.0. The number of hydrogen-bond donors (Lipinski definition) is 2. The van der Waals surface area contributed by atoms with Crippen LogP contribution in [0.3, 0.4) is 0 Å². The monoisotopic (exact) mass is 400 g/mol. The zero-order valence-electron chi connectivity index (χ0n) is 11.6. The van der Waals surface area contributed by atoms with Gasteiger partial charge in [0, 0.05) is 11.4 Å². The molecule has 8 heteroatoms. The quantitative estimate of drug-likeness (QED) is 0.750. The molecule has 3 heterocycles. The molecule has 116 valence electrons. The van der Waals surface area contributed by atoms with Crippen LogP contribution in [0.2, 0.25) is 5.28 Å². The molecule has 0 aliphatic carbocycles. The van der Waals surface area contributed by atoms with E-state index in [1.165, 1.54) is 0 Å². The fraction of sp³-hybridized carbons (Fsp3) is 0.286. The minimum atomic E-state index is 0.224. The average Bonchev–Trinajstić information content (AvgIpc) is 2.83. The van der Waals surface area contributed by atoms with Crippen molar-refractivity contribution in [2.45, 2.75) is 6.42 Å². The number of nitrogens with one attached hydrogen (secondary N) is 1. The van der Waals surface area contributed by atoms with Gasteiger partial charge in [-0.25, -0.2) is 4.98 Å². The summed E-state index contributed by atoms with van der Waals surface area (Å²) in [5, 5.41) is 3.55. The Bertz CT molecular complexity index is 759. The predicted molar refractivity (Wildman–Crippen MR) is 94.5 cm³/mol. The van der Waals surface area contributed by atoms with Crippen molar-refractivity contribution in [3.63, 3.8) is 0 Å². The van der Waals surface area contributed by atoms with Crippen LogP contribution in [0.1, 0.15) is 4.88 Å². The number of anilines is 1. The number of aromatic nitrogens is 2. The lowest BCUT2D eigenvalue weighted by Gasteiger charge is -2.12. The summed E-state index contributed by atoms with van der Waals surface area (Å²) in [4.78, 5) is 9.79. The van der Waals surface area contributed by atoms with Crippen LogP contribution in [-0.4, -0.2) is 29.7 Å². The molecule has 0 aromatic carbocycles. The molecule has 2 aromatic heterocycles. The largest absolute Gasteiger partial charge is 0.497 e. The minimum absolute atomic E-state index is 0.224. The number of halogens is 2. The van der Waals surface area contributed by atoms with E-state index in [1.54, 1.807) is 17.6 Å². The molecule has 2 aromatic rings. The highest BCUT2D eigenvalue weighted by Crippen LogP contribution is 2.38. The number of allylic oxidation sites excluding steroid dienone is 2. The van der Waals surface area contributed by atoms with Crippen LogP contribution in [0.25, 0.3) is 10.2 Å². The molecule has 0 atom stereocenters. The van der Waals surface area contributed by atoms with Crippen LogP contribution in [0, 0.1) is 0 Å². The number of rotatable bonds is 5. The standard InChI is InChI=1S/C14H14BrClN4OS/c15-10-9(3-4-17)22-12-11(10)19-14(16)20-13(12)18-6-8-2-1-5-21-7-8/h1-2,5H,3-4,6-7,17H2,(H,18,19,20). The minimum Gasteiger partial charge on any atom is -0.497 e. The molecule has 0 fully saturated rings. The molecule has 0 unspecified atom stereocenters. The number of fused-ring (bicyclic) bond motifs is 1. The smallest absolute Gasteiger partial charge is 0.225 e. The third kappa shape index (κ3) is 3.27. The Morgan fingerprint density at radius 1 is 1.45 bits per heavy atom. The van der Waals surface area contributed by atoms with E-state index in [2.05, 4.69) is 31.2 Å². The Morgan fingerprint density at radius 3 is 3.05 bits per heavy atom. The van der Waals surface area contributed by atoms with Gasteiger partial charge < -0.3 is 15.8 Å². The van der Waals surface area contributed by atoms with E-state index in [1.807, 2.05) is 12.2 Å². The maximum Gasteiger partial charge on any atom is 0.225 e. The summed E-state index contributed by atoms with van der Waals surface area (Å²) in [6.07, 6.45) is 6.38. The summed E-state index contributed by atoms with van der Waals surface area (Å²) in [6, 6.07) is 0. The van der Waals surface area contributed by atoms with Gasteiger partial charge in [-0.05, 0) is 52.1 Å². The number of nitrogens with two attached hydrogens (primary N) is 1. The second-order valence-corrected chi connectivity index (χ2v) is 6.95. The molecule has 0 radical (unpaired) electrons. The van der Waals surface area contributed by atoms with Crippen LogP contribution in [-0.2, 0) is 11.2 Å². The van der Waals surface area contributed by atoms with E-state index in [-0.39, 0.29) is 5.28 Å². The molecule has 3 N–H and O–H groups in total. The van der Waals surface area contributed by atoms with Crippen molar-refractivity contribution >= 4 is 54.9 Å². The predicted octanol–water partition coefficient (Wildman–Crippen LogP) is 3.49. The molecule has 0 bridgehead atoms. The van der Waals surface area contributed by atoms with Crippen LogP contribution >= 0.6 is 38.9 Å². The first-order valence-corrected chi connectivity index (χ1v) is 8.72. The Balaban J connectivity index is 1.92. The second kappa shape index (κ2) is 6.95. The molecule has 1 aliphatic rings. The molecule has 5 nitrogen and oxygen atoms in total. The van der Waals surface area contributed by atoms with Gasteiger partial charge in [0.05, 0.1) is 15.4 Å². The lowest BCUT2D eigenvalue weighted by atomic mass is 10.2. The lowest BCUT2D eigenvalue weighted by molar-refractivity contribution is 0.275. The molecule has 0 amide bonds. The second-order valence-electron chi connectivity index (χ2n) is 4.71. The van der Waals surface area contributed by atoms with Crippen LogP contribution in [0.15, 0.2) is 28.5 Å². The molecular formula is C14H14BrClN4OS. The summed E-state index contributed by atoms with van der Waals surface area (Å²) in [5.74, 6) is 0.736. The van der Waals surface area contributed by atoms with E-state index < -0.39 is 0 Å². The Morgan fingerprint density at radius 2 is 2.32 bits per heavy atom. The fourth-order valence-corrected chi connectivity index (χ4v) is 4.26.